The van der Waals surface area contributed by atoms with Crippen LogP contribution in [0.25, 0.3) is 0 Å². The molecule has 2 aliphatic rings. The summed E-state index contributed by atoms with van der Waals surface area (Å²) in [6, 6.07) is 0. The summed E-state index contributed by atoms with van der Waals surface area (Å²) in [4.78, 5) is 15.0. The number of nitrogens with one attached hydrogen (secondary N) is 1. The first kappa shape index (κ1) is 14.8. The van der Waals surface area contributed by atoms with Crippen LogP contribution < -0.4 is 10.2 Å². The van der Waals surface area contributed by atoms with Crippen LogP contribution in [0.5, 0.6) is 0 Å². The summed E-state index contributed by atoms with van der Waals surface area (Å²) < 4.78 is 0. The van der Waals surface area contributed by atoms with Crippen molar-refractivity contribution in [2.45, 2.75) is 32.1 Å². The van der Waals surface area contributed by atoms with Crippen molar-refractivity contribution in [1.29, 1.82) is 0 Å². The smallest absolute Gasteiger partial charge is 0.231 e. The molecule has 3 rings (SSSR count). The first-order valence-electron chi connectivity index (χ1n) is 7.77. The van der Waals surface area contributed by atoms with Crippen LogP contribution in [0.2, 0.25) is 5.28 Å². The molecular formula is C14H22ClN5O. The fourth-order valence-electron chi connectivity index (χ4n) is 3.32. The van der Waals surface area contributed by atoms with Crippen molar-refractivity contribution >= 4 is 23.5 Å². The minimum atomic E-state index is 0.236. The Morgan fingerprint density at radius 3 is 2.62 bits per heavy atom. The predicted molar refractivity (Wildman–Crippen MR) is 82.7 cm³/mol. The molecule has 2 fully saturated rings. The molecule has 116 valence electrons. The second-order valence-corrected chi connectivity index (χ2v) is 6.27. The van der Waals surface area contributed by atoms with E-state index < -0.39 is 0 Å². The standard InChI is InChI=1S/C14H22ClN5O/c15-12-17-13(16-8-10-4-3-5-11(10)9-21)19-14(18-12)20-6-1-2-7-20/h10-11,21H,1-9H2,(H,16,17,18,19). The van der Waals surface area contributed by atoms with Gasteiger partial charge in [0.05, 0.1) is 0 Å². The highest BCUT2D eigenvalue weighted by Crippen LogP contribution is 2.31. The second-order valence-electron chi connectivity index (χ2n) is 5.94. The molecule has 1 saturated heterocycles. The van der Waals surface area contributed by atoms with E-state index in [0.717, 1.165) is 32.5 Å². The van der Waals surface area contributed by atoms with Crippen molar-refractivity contribution in [1.82, 2.24) is 15.0 Å². The van der Waals surface area contributed by atoms with E-state index in [1.54, 1.807) is 0 Å². The molecule has 21 heavy (non-hydrogen) atoms. The Morgan fingerprint density at radius 1 is 1.10 bits per heavy atom. The van der Waals surface area contributed by atoms with Crippen molar-refractivity contribution in [2.24, 2.45) is 11.8 Å². The zero-order chi connectivity index (χ0) is 14.7. The fraction of sp³-hybridized carbons (Fsp3) is 0.786. The first-order valence-corrected chi connectivity index (χ1v) is 8.15. The normalized spacial score (nSPS) is 25.5. The van der Waals surface area contributed by atoms with Gasteiger partial charge in [0, 0.05) is 26.2 Å². The Morgan fingerprint density at radius 2 is 1.86 bits per heavy atom. The molecule has 1 saturated carbocycles. The van der Waals surface area contributed by atoms with Crippen LogP contribution in [0.1, 0.15) is 32.1 Å². The number of hydrogen-bond acceptors (Lipinski definition) is 6. The maximum absolute atomic E-state index is 9.37. The van der Waals surface area contributed by atoms with Crippen LogP contribution in [-0.2, 0) is 0 Å². The van der Waals surface area contributed by atoms with Gasteiger partial charge in [-0.15, -0.1) is 0 Å². The minimum absolute atomic E-state index is 0.236. The molecular weight excluding hydrogens is 290 g/mol. The van der Waals surface area contributed by atoms with Gasteiger partial charge in [0.15, 0.2) is 0 Å². The van der Waals surface area contributed by atoms with Gasteiger partial charge in [0.1, 0.15) is 0 Å². The third-order valence-electron chi connectivity index (χ3n) is 4.56. The van der Waals surface area contributed by atoms with Crippen LogP contribution in [0.4, 0.5) is 11.9 Å². The molecule has 1 aliphatic heterocycles. The Labute approximate surface area is 130 Å². The van der Waals surface area contributed by atoms with Crippen molar-refractivity contribution in [3.8, 4) is 0 Å². The molecule has 2 atom stereocenters. The van der Waals surface area contributed by atoms with E-state index in [1.807, 2.05) is 0 Å². The molecule has 6 nitrogen and oxygen atoms in total. The van der Waals surface area contributed by atoms with Crippen molar-refractivity contribution in [2.75, 3.05) is 36.5 Å². The summed E-state index contributed by atoms with van der Waals surface area (Å²) in [6.45, 7) is 3.01. The number of halogens is 1. The number of nitrogens with zero attached hydrogens (tertiary/aromatic N) is 4. The molecule has 0 aromatic carbocycles. The number of rotatable bonds is 5. The maximum atomic E-state index is 9.37. The molecule has 0 amide bonds. The Balaban J connectivity index is 1.64. The van der Waals surface area contributed by atoms with Crippen LogP contribution >= 0.6 is 11.6 Å². The Hall–Kier alpha value is -1.14. The summed E-state index contributed by atoms with van der Waals surface area (Å²) >= 11 is 6.01. The highest BCUT2D eigenvalue weighted by molar-refractivity contribution is 6.28. The topological polar surface area (TPSA) is 74.2 Å². The predicted octanol–water partition coefficient (Wildman–Crippen LogP) is 1.95. The second kappa shape index (κ2) is 6.75. The molecule has 2 N–H and O–H groups in total. The van der Waals surface area contributed by atoms with Crippen LogP contribution in [0.15, 0.2) is 0 Å². The Kier molecular flexibility index (Phi) is 4.75. The molecule has 0 bridgehead atoms. The van der Waals surface area contributed by atoms with Gasteiger partial charge in [0.25, 0.3) is 0 Å². The van der Waals surface area contributed by atoms with Crippen molar-refractivity contribution < 1.29 is 5.11 Å². The van der Waals surface area contributed by atoms with E-state index in [9.17, 15) is 5.11 Å². The monoisotopic (exact) mass is 311 g/mol. The van der Waals surface area contributed by atoms with E-state index in [4.69, 9.17) is 11.6 Å². The maximum Gasteiger partial charge on any atom is 0.231 e. The highest BCUT2D eigenvalue weighted by atomic mass is 35.5. The van der Waals surface area contributed by atoms with Crippen molar-refractivity contribution in [3.63, 3.8) is 0 Å². The lowest BCUT2D eigenvalue weighted by Gasteiger charge is -2.19. The molecule has 0 radical (unpaired) electrons. The lowest BCUT2D eigenvalue weighted by atomic mass is 9.97. The summed E-state index contributed by atoms with van der Waals surface area (Å²) in [7, 11) is 0. The lowest BCUT2D eigenvalue weighted by molar-refractivity contribution is 0.199. The third kappa shape index (κ3) is 3.55. The van der Waals surface area contributed by atoms with E-state index >= 15 is 0 Å². The zero-order valence-electron chi connectivity index (χ0n) is 12.1. The fourth-order valence-corrected chi connectivity index (χ4v) is 3.48. The number of hydrogen-bond donors (Lipinski definition) is 2. The average Bonchev–Trinajstić information content (AvgIpc) is 3.15. The first-order chi connectivity index (χ1) is 10.3. The van der Waals surface area contributed by atoms with Gasteiger partial charge in [-0.2, -0.15) is 15.0 Å². The van der Waals surface area contributed by atoms with Crippen molar-refractivity contribution in [3.05, 3.63) is 5.28 Å². The zero-order valence-corrected chi connectivity index (χ0v) is 12.9. The average molecular weight is 312 g/mol. The van der Waals surface area contributed by atoms with Gasteiger partial charge in [-0.1, -0.05) is 6.42 Å². The van der Waals surface area contributed by atoms with Gasteiger partial charge < -0.3 is 15.3 Å². The van der Waals surface area contributed by atoms with E-state index in [1.165, 1.54) is 19.3 Å². The SMILES string of the molecule is OCC1CCCC1CNc1nc(Cl)nc(N2CCCC2)n1. The van der Waals surface area contributed by atoms with Gasteiger partial charge in [-0.25, -0.2) is 0 Å². The van der Waals surface area contributed by atoms with E-state index in [0.29, 0.717) is 23.7 Å². The van der Waals surface area contributed by atoms with Crippen LogP contribution in [0, 0.1) is 11.8 Å². The lowest BCUT2D eigenvalue weighted by Crippen LogP contribution is -2.24. The summed E-state index contributed by atoms with van der Waals surface area (Å²) in [6.07, 6.45) is 5.79. The number of aliphatic hydroxyl groups excluding tert-OH is 1. The molecule has 2 unspecified atom stereocenters. The van der Waals surface area contributed by atoms with E-state index in [-0.39, 0.29) is 11.9 Å². The summed E-state index contributed by atoms with van der Waals surface area (Å²) in [5.74, 6) is 2.09. The van der Waals surface area contributed by atoms with Gasteiger partial charge >= 0.3 is 0 Å². The molecule has 1 aromatic rings. The Bertz CT molecular complexity index is 480. The van der Waals surface area contributed by atoms with Crippen LogP contribution in [0.3, 0.4) is 0 Å². The molecule has 1 aliphatic carbocycles. The van der Waals surface area contributed by atoms with Crippen LogP contribution in [-0.4, -0.2) is 46.3 Å². The molecule has 0 spiro atoms. The highest BCUT2D eigenvalue weighted by Gasteiger charge is 2.26. The number of aromatic nitrogens is 3. The number of anilines is 2. The van der Waals surface area contributed by atoms with Gasteiger partial charge in [0.2, 0.25) is 17.2 Å². The number of aliphatic hydroxyl groups is 1. The molecule has 7 heteroatoms. The molecule has 2 heterocycles. The third-order valence-corrected chi connectivity index (χ3v) is 4.73. The summed E-state index contributed by atoms with van der Waals surface area (Å²) in [5, 5.41) is 12.9. The molecule has 1 aromatic heterocycles. The quantitative estimate of drug-likeness (QED) is 0.866. The summed E-state index contributed by atoms with van der Waals surface area (Å²) in [5.41, 5.74) is 0. The van der Waals surface area contributed by atoms with Gasteiger partial charge in [-0.3, -0.25) is 0 Å². The largest absolute Gasteiger partial charge is 0.396 e. The minimum Gasteiger partial charge on any atom is -0.396 e. The van der Waals surface area contributed by atoms with E-state index in [2.05, 4.69) is 25.2 Å². The van der Waals surface area contributed by atoms with Gasteiger partial charge in [-0.05, 0) is 49.1 Å².